The fourth-order valence-corrected chi connectivity index (χ4v) is 1.02. The van der Waals surface area contributed by atoms with E-state index in [1.54, 1.807) is 18.2 Å². The highest BCUT2D eigenvalue weighted by molar-refractivity contribution is 6.30. The summed E-state index contributed by atoms with van der Waals surface area (Å²) in [6, 6.07) is 7.06. The second kappa shape index (κ2) is 4.12. The molecule has 0 N–H and O–H groups in total. The highest BCUT2D eigenvalue weighted by Gasteiger charge is 1.98. The Morgan fingerprint density at radius 1 is 1.50 bits per heavy atom. The van der Waals surface area contributed by atoms with Crippen LogP contribution >= 0.6 is 11.6 Å². The minimum atomic E-state index is -0.750. The summed E-state index contributed by atoms with van der Waals surface area (Å²) in [4.78, 5) is 0. The molecule has 1 aromatic rings. The van der Waals surface area contributed by atoms with Crippen molar-refractivity contribution >= 4 is 17.7 Å². The summed E-state index contributed by atoms with van der Waals surface area (Å²) >= 11 is 5.08. The normalized spacial score (nSPS) is 11.4. The van der Waals surface area contributed by atoms with Gasteiger partial charge in [-0.1, -0.05) is 29.8 Å². The van der Waals surface area contributed by atoms with E-state index in [0.717, 1.165) is 0 Å². The van der Waals surface area contributed by atoms with Gasteiger partial charge in [0, 0.05) is 5.56 Å². The Bertz CT molecular complexity index is 292. The van der Waals surface area contributed by atoms with Crippen LogP contribution < -0.4 is 4.74 Å². The van der Waals surface area contributed by atoms with Crippen LogP contribution in [0.4, 0.5) is 4.39 Å². The molecule has 0 aromatic heterocycles. The summed E-state index contributed by atoms with van der Waals surface area (Å²) in [5.41, 5.74) is 0.632. The lowest BCUT2D eigenvalue weighted by Crippen LogP contribution is -1.85. The molecule has 0 spiro atoms. The molecular weight excluding hydrogens is 179 g/mol. The van der Waals surface area contributed by atoms with E-state index in [2.05, 4.69) is 0 Å². The van der Waals surface area contributed by atoms with Crippen molar-refractivity contribution in [3.8, 4) is 5.75 Å². The minimum absolute atomic E-state index is 0.605. The zero-order chi connectivity index (χ0) is 8.97. The molecule has 0 saturated carbocycles. The van der Waals surface area contributed by atoms with Gasteiger partial charge in [0.25, 0.3) is 0 Å². The predicted octanol–water partition coefficient (Wildman–Crippen LogP) is 3.20. The van der Waals surface area contributed by atoms with E-state index in [4.69, 9.17) is 16.3 Å². The molecule has 3 heteroatoms. The molecule has 0 aliphatic heterocycles. The third-order valence-corrected chi connectivity index (χ3v) is 1.51. The Balaban J connectivity index is 3.05. The first kappa shape index (κ1) is 9.07. The van der Waals surface area contributed by atoms with Crippen molar-refractivity contribution in [3.05, 3.63) is 35.1 Å². The van der Waals surface area contributed by atoms with Gasteiger partial charge in [0.1, 0.15) is 5.75 Å². The largest absolute Gasteiger partial charge is 0.496 e. The fraction of sp³-hybridized carbons (Fsp3) is 0.111. The molecule has 0 amide bonds. The van der Waals surface area contributed by atoms with Crippen LogP contribution in [0.15, 0.2) is 29.6 Å². The molecule has 0 fully saturated rings. The number of methoxy groups -OCH3 is 1. The Hall–Kier alpha value is -1.02. The number of benzene rings is 1. The van der Waals surface area contributed by atoms with Crippen molar-refractivity contribution in [1.82, 2.24) is 0 Å². The summed E-state index contributed by atoms with van der Waals surface area (Å²) in [6.45, 7) is 0. The van der Waals surface area contributed by atoms with Crippen LogP contribution in [0.1, 0.15) is 5.56 Å². The first-order valence-corrected chi connectivity index (χ1v) is 3.77. The maximum atomic E-state index is 12.3. The summed E-state index contributed by atoms with van der Waals surface area (Å²) in [5.74, 6) is 0.605. The lowest BCUT2D eigenvalue weighted by molar-refractivity contribution is 0.414. The van der Waals surface area contributed by atoms with Crippen LogP contribution in [0.2, 0.25) is 0 Å². The molecule has 0 aliphatic rings. The molecular formula is C9H8ClFO. The van der Waals surface area contributed by atoms with E-state index >= 15 is 0 Å². The zero-order valence-corrected chi connectivity index (χ0v) is 7.31. The number of rotatable bonds is 2. The third-order valence-electron chi connectivity index (χ3n) is 1.40. The monoisotopic (exact) mass is 186 g/mol. The topological polar surface area (TPSA) is 9.23 Å². The van der Waals surface area contributed by atoms with Crippen LogP contribution in [0.5, 0.6) is 5.75 Å². The maximum Gasteiger partial charge on any atom is 0.189 e. The van der Waals surface area contributed by atoms with Crippen LogP contribution in [0.25, 0.3) is 6.08 Å². The number of halogens is 2. The molecule has 0 unspecified atom stereocenters. The number of hydrogen-bond acceptors (Lipinski definition) is 1. The van der Waals surface area contributed by atoms with Gasteiger partial charge in [-0.15, -0.1) is 0 Å². The van der Waals surface area contributed by atoms with Crippen LogP contribution in [-0.2, 0) is 0 Å². The van der Waals surface area contributed by atoms with Crippen molar-refractivity contribution in [2.45, 2.75) is 0 Å². The average Bonchev–Trinajstić information content (AvgIpc) is 2.04. The fourth-order valence-electron chi connectivity index (χ4n) is 0.903. The number of para-hydroxylation sites is 1. The summed E-state index contributed by atoms with van der Waals surface area (Å²) in [7, 11) is 1.53. The van der Waals surface area contributed by atoms with E-state index in [1.807, 2.05) is 6.07 Å². The third kappa shape index (κ3) is 2.24. The smallest absolute Gasteiger partial charge is 0.189 e. The Morgan fingerprint density at radius 3 is 2.75 bits per heavy atom. The average molecular weight is 187 g/mol. The van der Waals surface area contributed by atoms with E-state index in [0.29, 0.717) is 11.3 Å². The molecule has 0 saturated heterocycles. The Kier molecular flexibility index (Phi) is 3.11. The van der Waals surface area contributed by atoms with Crippen LogP contribution in [0.3, 0.4) is 0 Å². The highest BCUT2D eigenvalue weighted by Crippen LogP contribution is 2.21. The first-order valence-electron chi connectivity index (χ1n) is 3.40. The van der Waals surface area contributed by atoms with Crippen molar-refractivity contribution in [2.24, 2.45) is 0 Å². The van der Waals surface area contributed by atoms with Gasteiger partial charge in [0.2, 0.25) is 0 Å². The molecule has 0 heterocycles. The summed E-state index contributed by atoms with van der Waals surface area (Å²) < 4.78 is 17.3. The highest BCUT2D eigenvalue weighted by atomic mass is 35.5. The van der Waals surface area contributed by atoms with E-state index in [9.17, 15) is 4.39 Å². The summed E-state index contributed by atoms with van der Waals surface area (Å²) in [5, 5.41) is -0.750. The molecule has 1 aromatic carbocycles. The SMILES string of the molecule is COc1ccccc1/C=C(\F)Cl. The van der Waals surface area contributed by atoms with Gasteiger partial charge >= 0.3 is 0 Å². The second-order valence-corrected chi connectivity index (χ2v) is 2.54. The van der Waals surface area contributed by atoms with Crippen LogP contribution in [-0.4, -0.2) is 7.11 Å². The quantitative estimate of drug-likeness (QED) is 0.689. The molecule has 64 valence electrons. The van der Waals surface area contributed by atoms with Gasteiger partial charge in [-0.2, -0.15) is 4.39 Å². The molecule has 1 nitrogen and oxygen atoms in total. The van der Waals surface area contributed by atoms with Crippen LogP contribution in [0, 0.1) is 0 Å². The van der Waals surface area contributed by atoms with Gasteiger partial charge in [-0.3, -0.25) is 0 Å². The van der Waals surface area contributed by atoms with Gasteiger partial charge in [-0.25, -0.2) is 0 Å². The predicted molar refractivity (Wildman–Crippen MR) is 47.9 cm³/mol. The van der Waals surface area contributed by atoms with Gasteiger partial charge in [0.15, 0.2) is 5.29 Å². The Labute approximate surface area is 75.4 Å². The van der Waals surface area contributed by atoms with Gasteiger partial charge in [-0.05, 0) is 12.1 Å². The lowest BCUT2D eigenvalue weighted by Gasteiger charge is -2.02. The molecule has 0 radical (unpaired) electrons. The van der Waals surface area contributed by atoms with E-state index in [1.165, 1.54) is 13.2 Å². The van der Waals surface area contributed by atoms with E-state index in [-0.39, 0.29) is 0 Å². The van der Waals surface area contributed by atoms with Crippen molar-refractivity contribution < 1.29 is 9.13 Å². The van der Waals surface area contributed by atoms with Crippen molar-refractivity contribution in [2.75, 3.05) is 7.11 Å². The Morgan fingerprint density at radius 2 is 2.17 bits per heavy atom. The zero-order valence-electron chi connectivity index (χ0n) is 6.55. The van der Waals surface area contributed by atoms with Crippen molar-refractivity contribution in [1.29, 1.82) is 0 Å². The molecule has 0 bridgehead atoms. The molecule has 12 heavy (non-hydrogen) atoms. The van der Waals surface area contributed by atoms with E-state index < -0.39 is 5.29 Å². The molecule has 1 rings (SSSR count). The first-order chi connectivity index (χ1) is 5.74. The van der Waals surface area contributed by atoms with Gasteiger partial charge in [0.05, 0.1) is 7.11 Å². The molecule has 0 aliphatic carbocycles. The summed E-state index contributed by atoms with van der Waals surface area (Å²) in [6.07, 6.45) is 1.21. The van der Waals surface area contributed by atoms with Crippen molar-refractivity contribution in [3.63, 3.8) is 0 Å². The second-order valence-electron chi connectivity index (χ2n) is 2.18. The standard InChI is InChI=1S/C9H8ClFO/c1-12-8-5-3-2-4-7(8)6-9(10)11/h2-6H,1H3/b9-6-. The molecule has 0 atom stereocenters. The maximum absolute atomic E-state index is 12.3. The lowest BCUT2D eigenvalue weighted by atomic mass is 10.2. The number of ether oxygens (including phenoxy) is 1. The number of hydrogen-bond donors (Lipinski definition) is 0. The minimum Gasteiger partial charge on any atom is -0.496 e. The van der Waals surface area contributed by atoms with Gasteiger partial charge < -0.3 is 4.74 Å².